The molecule has 5 nitrogen and oxygen atoms in total. The number of nitrogens with zero attached hydrogens (tertiary/aromatic N) is 3. The lowest BCUT2D eigenvalue weighted by molar-refractivity contribution is -0.128. The fourth-order valence-corrected chi connectivity index (χ4v) is 3.88. The predicted octanol–water partition coefficient (Wildman–Crippen LogP) is 3.56. The van der Waals surface area contributed by atoms with Gasteiger partial charge in [-0.1, -0.05) is 6.08 Å². The molecule has 0 saturated carbocycles. The SMILES string of the molecule is O=C(C1=CCCC1)N1Cc2cccn2C[C@@H](CCOc2ncccc2F)C1. The number of amides is 1. The number of halogens is 1. The summed E-state index contributed by atoms with van der Waals surface area (Å²) in [5.41, 5.74) is 2.10. The summed E-state index contributed by atoms with van der Waals surface area (Å²) in [5.74, 6) is -0.00642. The Kier molecular flexibility index (Phi) is 5.23. The zero-order valence-corrected chi connectivity index (χ0v) is 15.3. The van der Waals surface area contributed by atoms with Gasteiger partial charge < -0.3 is 14.2 Å². The Hall–Kier alpha value is -2.63. The van der Waals surface area contributed by atoms with E-state index in [0.29, 0.717) is 19.7 Å². The molecule has 0 unspecified atom stereocenters. The van der Waals surface area contributed by atoms with Gasteiger partial charge >= 0.3 is 0 Å². The first kappa shape index (κ1) is 17.8. The molecule has 6 heteroatoms. The largest absolute Gasteiger partial charge is 0.476 e. The van der Waals surface area contributed by atoms with Gasteiger partial charge in [0.2, 0.25) is 11.8 Å². The summed E-state index contributed by atoms with van der Waals surface area (Å²) in [6, 6.07) is 6.98. The van der Waals surface area contributed by atoms with Crippen molar-refractivity contribution in [1.82, 2.24) is 14.5 Å². The second-order valence-electron chi connectivity index (χ2n) is 7.25. The Labute approximate surface area is 158 Å². The van der Waals surface area contributed by atoms with E-state index in [4.69, 9.17) is 4.74 Å². The van der Waals surface area contributed by atoms with Gasteiger partial charge in [-0.3, -0.25) is 4.79 Å². The van der Waals surface area contributed by atoms with Crippen LogP contribution < -0.4 is 4.74 Å². The quantitative estimate of drug-likeness (QED) is 0.810. The molecule has 4 rings (SSSR count). The number of allylic oxidation sites excluding steroid dienone is 1. The van der Waals surface area contributed by atoms with Gasteiger partial charge in [-0.25, -0.2) is 9.37 Å². The van der Waals surface area contributed by atoms with Gasteiger partial charge in [0.15, 0.2) is 5.82 Å². The molecule has 0 spiro atoms. The van der Waals surface area contributed by atoms with Crippen LogP contribution in [0.4, 0.5) is 4.39 Å². The standard InChI is InChI=1S/C21H24FN3O2/c22-19-8-3-10-23-20(19)27-12-9-16-13-24-11-4-7-18(24)15-25(14-16)21(26)17-5-1-2-6-17/h3-5,7-8,10-11,16H,1-2,6,9,12-15H2/t16-/m1/s1. The minimum Gasteiger partial charge on any atom is -0.476 e. The number of carbonyl (C=O) groups is 1. The average molecular weight is 369 g/mol. The Morgan fingerprint density at radius 1 is 1.30 bits per heavy atom. The second kappa shape index (κ2) is 7.94. The summed E-state index contributed by atoms with van der Waals surface area (Å²) < 4.78 is 21.4. The summed E-state index contributed by atoms with van der Waals surface area (Å²) in [5, 5.41) is 0. The van der Waals surface area contributed by atoms with E-state index in [-0.39, 0.29) is 17.7 Å². The molecule has 27 heavy (non-hydrogen) atoms. The van der Waals surface area contributed by atoms with Crippen molar-refractivity contribution < 1.29 is 13.9 Å². The van der Waals surface area contributed by atoms with Crippen LogP contribution in [0.3, 0.4) is 0 Å². The third kappa shape index (κ3) is 4.04. The average Bonchev–Trinajstić information content (AvgIpc) is 3.32. The normalized spacial score (nSPS) is 19.4. The molecule has 2 aliphatic rings. The number of ether oxygens (including phenoxy) is 1. The highest BCUT2D eigenvalue weighted by Gasteiger charge is 2.27. The summed E-state index contributed by atoms with van der Waals surface area (Å²) in [4.78, 5) is 18.8. The first-order chi connectivity index (χ1) is 13.2. The lowest BCUT2D eigenvalue weighted by Gasteiger charge is -2.25. The number of hydrogen-bond acceptors (Lipinski definition) is 3. The van der Waals surface area contributed by atoms with Crippen molar-refractivity contribution in [2.24, 2.45) is 5.92 Å². The minimum atomic E-state index is -0.448. The zero-order chi connectivity index (χ0) is 18.6. The fraction of sp³-hybridized carbons (Fsp3) is 0.429. The van der Waals surface area contributed by atoms with Gasteiger partial charge in [0.05, 0.1) is 13.2 Å². The summed E-state index contributed by atoms with van der Waals surface area (Å²) >= 11 is 0. The van der Waals surface area contributed by atoms with Crippen LogP contribution in [0.5, 0.6) is 5.88 Å². The van der Waals surface area contributed by atoms with E-state index in [1.54, 1.807) is 6.07 Å². The lowest BCUT2D eigenvalue weighted by Crippen LogP contribution is -2.35. The van der Waals surface area contributed by atoms with E-state index < -0.39 is 5.82 Å². The van der Waals surface area contributed by atoms with Crippen LogP contribution in [0.15, 0.2) is 48.3 Å². The van der Waals surface area contributed by atoms with Crippen molar-refractivity contribution in [2.45, 2.75) is 38.8 Å². The highest BCUT2D eigenvalue weighted by atomic mass is 19.1. The van der Waals surface area contributed by atoms with Gasteiger partial charge in [-0.2, -0.15) is 0 Å². The predicted molar refractivity (Wildman–Crippen MR) is 99.6 cm³/mol. The number of carbonyl (C=O) groups excluding carboxylic acids is 1. The molecule has 3 heterocycles. The van der Waals surface area contributed by atoms with Crippen molar-refractivity contribution in [3.8, 4) is 5.88 Å². The molecular weight excluding hydrogens is 345 g/mol. The Bertz CT molecular complexity index is 845. The van der Waals surface area contributed by atoms with Crippen LogP contribution in [0.25, 0.3) is 0 Å². The molecule has 0 radical (unpaired) electrons. The maximum atomic E-state index is 13.7. The molecule has 0 bridgehead atoms. The monoisotopic (exact) mass is 369 g/mol. The highest BCUT2D eigenvalue weighted by Crippen LogP contribution is 2.25. The molecule has 1 amide bonds. The Balaban J connectivity index is 1.43. The van der Waals surface area contributed by atoms with Crippen LogP contribution in [0.2, 0.25) is 0 Å². The fourth-order valence-electron chi connectivity index (χ4n) is 3.88. The Morgan fingerprint density at radius 2 is 2.22 bits per heavy atom. The van der Waals surface area contributed by atoms with Crippen molar-refractivity contribution >= 4 is 5.91 Å². The van der Waals surface area contributed by atoms with Crippen molar-refractivity contribution in [1.29, 1.82) is 0 Å². The summed E-state index contributed by atoms with van der Waals surface area (Å²) in [6.45, 7) is 2.53. The van der Waals surface area contributed by atoms with Gasteiger partial charge in [-0.15, -0.1) is 0 Å². The molecule has 0 aromatic carbocycles. The van der Waals surface area contributed by atoms with Gasteiger partial charge in [-0.05, 0) is 55.9 Å². The van der Waals surface area contributed by atoms with Crippen LogP contribution in [-0.2, 0) is 17.9 Å². The molecule has 1 aliphatic heterocycles. The molecule has 1 aliphatic carbocycles. The smallest absolute Gasteiger partial charge is 0.250 e. The van der Waals surface area contributed by atoms with Crippen LogP contribution in [-0.4, -0.2) is 33.5 Å². The highest BCUT2D eigenvalue weighted by molar-refractivity contribution is 5.93. The Morgan fingerprint density at radius 3 is 3.04 bits per heavy atom. The van der Waals surface area contributed by atoms with E-state index in [0.717, 1.165) is 43.5 Å². The maximum Gasteiger partial charge on any atom is 0.250 e. The van der Waals surface area contributed by atoms with Crippen LogP contribution in [0, 0.1) is 11.7 Å². The molecule has 0 N–H and O–H groups in total. The number of hydrogen-bond donors (Lipinski definition) is 0. The topological polar surface area (TPSA) is 47.4 Å². The molecule has 0 saturated heterocycles. The zero-order valence-electron chi connectivity index (χ0n) is 15.3. The van der Waals surface area contributed by atoms with Gasteiger partial charge in [0, 0.05) is 36.8 Å². The van der Waals surface area contributed by atoms with E-state index in [1.165, 1.54) is 12.3 Å². The molecular formula is C21H24FN3O2. The molecule has 2 aromatic rings. The molecule has 142 valence electrons. The van der Waals surface area contributed by atoms with Crippen LogP contribution in [0.1, 0.15) is 31.4 Å². The number of pyridine rings is 1. The third-order valence-electron chi connectivity index (χ3n) is 5.30. The van der Waals surface area contributed by atoms with Crippen molar-refractivity contribution in [3.63, 3.8) is 0 Å². The van der Waals surface area contributed by atoms with Crippen molar-refractivity contribution in [3.05, 3.63) is 59.8 Å². The molecule has 2 aromatic heterocycles. The molecule has 1 atom stereocenters. The second-order valence-corrected chi connectivity index (χ2v) is 7.25. The number of rotatable bonds is 5. The lowest BCUT2D eigenvalue weighted by atomic mass is 10.0. The summed E-state index contributed by atoms with van der Waals surface area (Å²) in [6.07, 6.45) is 9.33. The maximum absolute atomic E-state index is 13.7. The van der Waals surface area contributed by atoms with Crippen molar-refractivity contribution in [2.75, 3.05) is 13.2 Å². The minimum absolute atomic E-state index is 0.0387. The van der Waals surface area contributed by atoms with E-state index in [1.807, 2.05) is 11.0 Å². The van der Waals surface area contributed by atoms with E-state index >= 15 is 0 Å². The van der Waals surface area contributed by atoms with Gasteiger partial charge in [0.25, 0.3) is 0 Å². The molecule has 0 fully saturated rings. The number of aromatic nitrogens is 2. The van der Waals surface area contributed by atoms with Gasteiger partial charge in [0.1, 0.15) is 0 Å². The van der Waals surface area contributed by atoms with E-state index in [9.17, 15) is 9.18 Å². The summed E-state index contributed by atoms with van der Waals surface area (Å²) in [7, 11) is 0. The van der Waals surface area contributed by atoms with E-state index in [2.05, 4.69) is 27.9 Å². The number of fused-ring (bicyclic) bond motifs is 1. The first-order valence-electron chi connectivity index (χ1n) is 9.56. The van der Waals surface area contributed by atoms with Crippen LogP contribution >= 0.6 is 0 Å². The first-order valence-corrected chi connectivity index (χ1v) is 9.56. The third-order valence-corrected chi connectivity index (χ3v) is 5.30.